The van der Waals surface area contributed by atoms with Crippen LogP contribution in [0.25, 0.3) is 0 Å². The highest BCUT2D eigenvalue weighted by atomic mass is 32.3. The van der Waals surface area contributed by atoms with Crippen LogP contribution in [-0.4, -0.2) is 30.7 Å². The lowest BCUT2D eigenvalue weighted by Gasteiger charge is -1.89. The summed E-state index contributed by atoms with van der Waals surface area (Å²) in [6, 6.07) is 0. The van der Waals surface area contributed by atoms with Gasteiger partial charge in [-0.25, -0.2) is 0 Å². The minimum atomic E-state index is -4.67. The van der Waals surface area contributed by atoms with Crippen molar-refractivity contribution < 1.29 is 22.3 Å². The quantitative estimate of drug-likeness (QED) is 0.362. The lowest BCUT2D eigenvalue weighted by atomic mass is 10.6. The fourth-order valence-electron chi connectivity index (χ4n) is 0.235. The molecule has 0 aromatic rings. The molecule has 13 heavy (non-hydrogen) atoms. The molecule has 5 N–H and O–H groups in total. The average molecular weight is 213 g/mol. The third kappa shape index (κ3) is 90.6. The van der Waals surface area contributed by atoms with E-state index in [0.29, 0.717) is 13.2 Å². The maximum atomic E-state index is 8.74. The molecule has 0 saturated carbocycles. The van der Waals surface area contributed by atoms with Crippen LogP contribution in [0.2, 0.25) is 0 Å². The van der Waals surface area contributed by atoms with Crippen LogP contribution in [-0.2, 0) is 15.1 Å². The fraction of sp³-hybridized carbons (Fsp3) is 0.333. The van der Waals surface area contributed by atoms with Gasteiger partial charge < -0.3 is 10.9 Å². The van der Waals surface area contributed by atoms with Crippen molar-refractivity contribution in [3.8, 4) is 0 Å². The Morgan fingerprint density at radius 2 is 1.38 bits per heavy atom. The molecule has 0 aromatic carbocycles. The number of hydrogen-bond acceptors (Lipinski definition) is 4. The van der Waals surface area contributed by atoms with E-state index in [1.807, 2.05) is 0 Å². The maximum absolute atomic E-state index is 8.74. The van der Waals surface area contributed by atoms with Gasteiger partial charge in [-0.2, -0.15) is 8.42 Å². The monoisotopic (exact) mass is 213 g/mol. The van der Waals surface area contributed by atoms with E-state index in [4.69, 9.17) is 22.3 Å². The van der Waals surface area contributed by atoms with Gasteiger partial charge in [0, 0.05) is 0 Å². The smallest absolute Gasteiger partial charge is 0.373 e. The number of rotatable bonds is 4. The van der Waals surface area contributed by atoms with Crippen LogP contribution in [0.1, 0.15) is 0 Å². The first-order valence-electron chi connectivity index (χ1n) is 2.91. The topological polar surface area (TPSA) is 119 Å². The Morgan fingerprint density at radius 1 is 1.15 bits per heavy atom. The van der Waals surface area contributed by atoms with Gasteiger partial charge in [0.1, 0.15) is 0 Å². The van der Waals surface area contributed by atoms with E-state index in [9.17, 15) is 0 Å². The normalized spacial score (nSPS) is 8.77. The summed E-state index contributed by atoms with van der Waals surface area (Å²) in [5, 5.41) is 0. The standard InChI is InChI=1S/C6H10O.H3N.H2O4S/c1-3-5-7-6-4-2;;1-5(2,3)4/h3-4H,1-2,5-6H2;1H3;(H2,1,2,3,4). The van der Waals surface area contributed by atoms with Gasteiger partial charge in [0.25, 0.3) is 0 Å². The Kier molecular flexibility index (Phi) is 15.7. The molecule has 0 unspecified atom stereocenters. The summed E-state index contributed by atoms with van der Waals surface area (Å²) in [7, 11) is -4.67. The lowest BCUT2D eigenvalue weighted by Crippen LogP contribution is -1.89. The molecule has 0 aliphatic rings. The summed E-state index contributed by atoms with van der Waals surface area (Å²) in [5.74, 6) is 0. The third-order valence-electron chi connectivity index (χ3n) is 0.471. The van der Waals surface area contributed by atoms with Gasteiger partial charge in [-0.1, -0.05) is 12.2 Å². The predicted octanol–water partition coefficient (Wildman–Crippen LogP) is 0.884. The number of hydrogen-bond donors (Lipinski definition) is 3. The summed E-state index contributed by atoms with van der Waals surface area (Å²) >= 11 is 0. The second-order valence-electron chi connectivity index (χ2n) is 1.56. The Morgan fingerprint density at radius 3 is 1.54 bits per heavy atom. The van der Waals surface area contributed by atoms with Crippen molar-refractivity contribution in [2.45, 2.75) is 0 Å². The first-order valence-corrected chi connectivity index (χ1v) is 4.31. The van der Waals surface area contributed by atoms with Gasteiger partial charge in [0.2, 0.25) is 0 Å². The van der Waals surface area contributed by atoms with Crippen molar-refractivity contribution >= 4 is 10.4 Å². The molecule has 0 fully saturated rings. The van der Waals surface area contributed by atoms with Crippen LogP contribution in [0.4, 0.5) is 0 Å². The van der Waals surface area contributed by atoms with Crippen LogP contribution in [0.5, 0.6) is 0 Å². The van der Waals surface area contributed by atoms with Crippen molar-refractivity contribution in [2.24, 2.45) is 0 Å². The molecule has 0 spiro atoms. The highest BCUT2D eigenvalue weighted by molar-refractivity contribution is 7.79. The molecule has 0 bridgehead atoms. The summed E-state index contributed by atoms with van der Waals surface area (Å²) in [4.78, 5) is 0. The second-order valence-corrected chi connectivity index (χ2v) is 2.46. The summed E-state index contributed by atoms with van der Waals surface area (Å²) < 4.78 is 36.5. The molecule has 80 valence electrons. The Hall–Kier alpha value is -0.730. The van der Waals surface area contributed by atoms with Gasteiger partial charge in [0.15, 0.2) is 0 Å². The summed E-state index contributed by atoms with van der Waals surface area (Å²) in [6.45, 7) is 8.18. The zero-order valence-electron chi connectivity index (χ0n) is 7.22. The molecular weight excluding hydrogens is 198 g/mol. The molecule has 0 saturated heterocycles. The number of ether oxygens (including phenoxy) is 1. The predicted molar refractivity (Wildman–Crippen MR) is 50.4 cm³/mol. The van der Waals surface area contributed by atoms with Crippen LogP contribution < -0.4 is 6.15 Å². The summed E-state index contributed by atoms with van der Waals surface area (Å²) in [5.41, 5.74) is 0. The maximum Gasteiger partial charge on any atom is 0.394 e. The molecule has 0 aromatic heterocycles. The fourth-order valence-corrected chi connectivity index (χ4v) is 0.235. The molecule has 0 rings (SSSR count). The zero-order chi connectivity index (χ0) is 10.0. The molecule has 0 aliphatic carbocycles. The Balaban J connectivity index is -0.000000150. The Labute approximate surface area is 78.1 Å². The van der Waals surface area contributed by atoms with Crippen molar-refractivity contribution in [3.63, 3.8) is 0 Å². The van der Waals surface area contributed by atoms with E-state index in [-0.39, 0.29) is 6.15 Å². The van der Waals surface area contributed by atoms with Crippen LogP contribution >= 0.6 is 0 Å². The largest absolute Gasteiger partial charge is 0.394 e. The lowest BCUT2D eigenvalue weighted by molar-refractivity contribution is 0.194. The first kappa shape index (κ1) is 18.1. The van der Waals surface area contributed by atoms with Crippen molar-refractivity contribution in [2.75, 3.05) is 13.2 Å². The second kappa shape index (κ2) is 11.3. The molecule has 0 heterocycles. The van der Waals surface area contributed by atoms with Crippen LogP contribution in [0.15, 0.2) is 25.3 Å². The van der Waals surface area contributed by atoms with Crippen LogP contribution in [0, 0.1) is 0 Å². The van der Waals surface area contributed by atoms with Crippen molar-refractivity contribution in [1.82, 2.24) is 6.15 Å². The van der Waals surface area contributed by atoms with E-state index in [1.54, 1.807) is 12.2 Å². The third-order valence-corrected chi connectivity index (χ3v) is 0.471. The van der Waals surface area contributed by atoms with Crippen LogP contribution in [0.3, 0.4) is 0 Å². The van der Waals surface area contributed by atoms with Gasteiger partial charge in [-0.05, 0) is 0 Å². The molecular formula is C6H15NO5S. The van der Waals surface area contributed by atoms with E-state index < -0.39 is 10.4 Å². The SMILES string of the molecule is C=CCOCC=C.N.O=S(=O)(O)O. The highest BCUT2D eigenvalue weighted by Gasteiger charge is 1.84. The molecule has 0 amide bonds. The van der Waals surface area contributed by atoms with Crippen molar-refractivity contribution in [1.29, 1.82) is 0 Å². The minimum Gasteiger partial charge on any atom is -0.373 e. The summed E-state index contributed by atoms with van der Waals surface area (Å²) in [6.07, 6.45) is 3.42. The van der Waals surface area contributed by atoms with E-state index in [1.165, 1.54) is 0 Å². The molecule has 7 heteroatoms. The molecule has 0 radical (unpaired) electrons. The van der Waals surface area contributed by atoms with E-state index in [2.05, 4.69) is 13.2 Å². The average Bonchev–Trinajstić information content (AvgIpc) is 1.85. The van der Waals surface area contributed by atoms with Gasteiger partial charge in [-0.15, -0.1) is 13.2 Å². The van der Waals surface area contributed by atoms with E-state index in [0.717, 1.165) is 0 Å². The zero-order valence-corrected chi connectivity index (χ0v) is 8.03. The molecule has 0 aliphatic heterocycles. The van der Waals surface area contributed by atoms with E-state index >= 15 is 0 Å². The van der Waals surface area contributed by atoms with Crippen molar-refractivity contribution in [3.05, 3.63) is 25.3 Å². The minimum absolute atomic E-state index is 0. The van der Waals surface area contributed by atoms with Gasteiger partial charge >= 0.3 is 10.4 Å². The highest BCUT2D eigenvalue weighted by Crippen LogP contribution is 1.72. The van der Waals surface area contributed by atoms with Gasteiger partial charge in [0.05, 0.1) is 13.2 Å². The first-order chi connectivity index (χ1) is 5.41. The Bertz CT molecular complexity index is 195. The van der Waals surface area contributed by atoms with Gasteiger partial charge in [-0.3, -0.25) is 9.11 Å². The molecule has 6 nitrogen and oxygen atoms in total. The molecule has 0 atom stereocenters.